The fraction of sp³-hybridized carbons (Fsp3) is 0.577. The number of hydrogen-bond donors (Lipinski definition) is 0. The molecule has 17 nitrogen and oxygen atoms in total. The number of ether oxygens (including phenoxy) is 8. The van der Waals surface area contributed by atoms with Crippen molar-refractivity contribution in [1.82, 2.24) is 0 Å². The van der Waals surface area contributed by atoms with Gasteiger partial charge in [-0.2, -0.15) is 35.1 Å². The Bertz CT molecular complexity index is 4550. The van der Waals surface area contributed by atoms with Gasteiger partial charge >= 0.3 is 46.9 Å². The molecule has 0 saturated heterocycles. The number of carboxylic acid groups (broad SMARTS) is 1. The molecule has 16 fully saturated rings. The Kier molecular flexibility index (Phi) is 24.9. The number of carbonyl (C=O) groups excluding carboxylic acids is 5. The minimum atomic E-state index is -7.50. The zero-order valence-electron chi connectivity index (χ0n) is 71.4. The lowest BCUT2D eigenvalue weighted by Gasteiger charge is -2.61. The highest BCUT2D eigenvalue weighted by Crippen LogP contribution is 2.70. The van der Waals surface area contributed by atoms with Crippen molar-refractivity contribution in [1.29, 1.82) is 0 Å². The third kappa shape index (κ3) is 16.5. The Hall–Kier alpha value is -8.08. The summed E-state index contributed by atoms with van der Waals surface area (Å²) in [6.45, 7) is 15.6. The highest BCUT2D eigenvalue weighted by atomic mass is 32.2. The van der Waals surface area contributed by atoms with E-state index in [9.17, 15) is 77.2 Å². The largest absolute Gasteiger partial charge is 0.743 e. The SMILES string of the molecule is CC(=O)OC(Oc1ccccc1[S+](c1ccccc1)c1ccccc1OC(OC(C)=O)C12CC3CC(CC(C3)C1C)C2)C12CC3CC(CC(C3)C1C)C2.CC(=O)OC(Oc1ccccc1[S+](c1ccccc1)c1ccccc1OC(OC(C)=O)C12CC3CC(CC(C3)C1C)C2)C12CC3CC(CC(C3)C1C)C2.O=C([O-])C(F)(F)C(F)(F)C(F)(F)C(F)(F)S(=O)(=O)[O-]. The van der Waals surface area contributed by atoms with Crippen molar-refractivity contribution in [3.8, 4) is 23.0 Å². The van der Waals surface area contributed by atoms with Crippen molar-refractivity contribution in [3.05, 3.63) is 158 Å². The van der Waals surface area contributed by atoms with Crippen LogP contribution in [-0.2, 0) is 74.8 Å². The monoisotopic (exact) mass is 1790 g/mol. The van der Waals surface area contributed by atoms with E-state index < -0.39 is 86.1 Å². The molecule has 125 heavy (non-hydrogen) atoms. The first-order valence-electron chi connectivity index (χ1n) is 44.2. The second-order valence-corrected chi connectivity index (χ2v) is 44.1. The first-order valence-corrected chi connectivity index (χ1v) is 48.0. The third-order valence-electron chi connectivity index (χ3n) is 31.4. The average Bonchev–Trinajstić information content (AvgIpc) is 0.741. The summed E-state index contributed by atoms with van der Waals surface area (Å²) in [5.41, 5.74) is -0.811. The van der Waals surface area contributed by atoms with Crippen LogP contribution >= 0.6 is 0 Å². The maximum Gasteiger partial charge on any atom is 0.402 e. The standard InChI is InChI=1S/2C46H55O6S.C5H2F8O5S/c2*1-28-36-20-32-18-33(21-36)25-45(28,24-32)43(49-30(3)47)51-39-14-8-10-16-41(39)53(38-12-6-5-7-13-38)42-17-11-9-15-40(42)52-44(50-31(4)48)46-26-34-19-35(27-46)23-37(22-34)29(46)2;6-2(7,1(14)15)3(8,9)4(10,11)5(12,13)19(16,17)18/h2*5-17,28-29,32-37,43-44H,18-27H2,1-4H3;(H,14,15)(H,16,17,18)/q2*+1;/p-2. The zero-order valence-corrected chi connectivity index (χ0v) is 73.8. The Morgan fingerprint density at radius 1 is 0.344 bits per heavy atom. The van der Waals surface area contributed by atoms with Crippen LogP contribution in [0.5, 0.6) is 23.0 Å². The molecule has 16 aliphatic carbocycles. The molecule has 16 saturated carbocycles. The molecule has 0 aromatic heterocycles. The van der Waals surface area contributed by atoms with Gasteiger partial charge in [-0.05, 0) is 296 Å². The molecular formula is C97H110F8O17S3. The third-order valence-corrected chi connectivity index (χ3v) is 36.9. The van der Waals surface area contributed by atoms with Crippen LogP contribution in [0.2, 0.25) is 0 Å². The van der Waals surface area contributed by atoms with Crippen molar-refractivity contribution in [3.63, 3.8) is 0 Å². The van der Waals surface area contributed by atoms with Crippen LogP contribution in [0.25, 0.3) is 0 Å². The van der Waals surface area contributed by atoms with Gasteiger partial charge in [0.15, 0.2) is 42.9 Å². The minimum Gasteiger partial charge on any atom is -0.743 e. The van der Waals surface area contributed by atoms with Crippen LogP contribution in [0, 0.1) is 116 Å². The van der Waals surface area contributed by atoms with E-state index in [1.807, 2.05) is 60.7 Å². The number of aliphatic carboxylic acids is 1. The first-order chi connectivity index (χ1) is 59.2. The second kappa shape index (κ2) is 34.4. The molecule has 0 amide bonds. The molecule has 28 heteroatoms. The molecule has 0 N–H and O–H groups in total. The molecule has 6 aromatic rings. The van der Waals surface area contributed by atoms with Gasteiger partial charge in [-0.3, -0.25) is 19.2 Å². The highest BCUT2D eigenvalue weighted by molar-refractivity contribution is 7.97. The van der Waals surface area contributed by atoms with Crippen LogP contribution in [-0.4, -0.2) is 91.0 Å². The molecule has 16 atom stereocenters. The van der Waals surface area contributed by atoms with Gasteiger partial charge in [-0.1, -0.05) is 113 Å². The molecule has 674 valence electrons. The molecule has 16 aliphatic rings. The summed E-state index contributed by atoms with van der Waals surface area (Å²) in [6, 6.07) is 54.3. The van der Waals surface area contributed by atoms with E-state index in [4.69, 9.17) is 37.9 Å². The predicted octanol–water partition coefficient (Wildman–Crippen LogP) is 20.3. The number of carboxylic acids is 1. The quantitative estimate of drug-likeness (QED) is 0.0116. The van der Waals surface area contributed by atoms with Gasteiger partial charge in [0.05, 0.1) is 0 Å². The Balaban J connectivity index is 0.000000154. The van der Waals surface area contributed by atoms with Crippen molar-refractivity contribution < 1.29 is 115 Å². The number of carbonyl (C=O) groups is 5. The molecule has 0 radical (unpaired) electrons. The number of hydrogen-bond acceptors (Lipinski definition) is 17. The summed E-state index contributed by atoms with van der Waals surface area (Å²) in [6.07, 6.45) is 21.1. The number of para-hydroxylation sites is 4. The molecule has 16 bridgehead atoms. The number of halogens is 8. The van der Waals surface area contributed by atoms with Crippen LogP contribution in [0.15, 0.2) is 187 Å². The summed E-state index contributed by atoms with van der Waals surface area (Å²) in [5.74, 6) is -14.5. The van der Waals surface area contributed by atoms with Gasteiger partial charge in [0.2, 0.25) is 44.7 Å². The summed E-state index contributed by atoms with van der Waals surface area (Å²) in [4.78, 5) is 67.1. The molecule has 0 spiro atoms. The van der Waals surface area contributed by atoms with Gasteiger partial charge < -0.3 is 52.3 Å². The smallest absolute Gasteiger partial charge is 0.402 e. The lowest BCUT2D eigenvalue weighted by Crippen LogP contribution is -2.68. The van der Waals surface area contributed by atoms with Crippen LogP contribution in [0.1, 0.15) is 184 Å². The second-order valence-electron chi connectivity index (χ2n) is 38.8. The summed E-state index contributed by atoms with van der Waals surface area (Å²) in [7, 11) is -8.82. The number of esters is 4. The minimum absolute atomic E-state index is 0.203. The molecule has 0 heterocycles. The van der Waals surface area contributed by atoms with Gasteiger partial charge in [0, 0.05) is 49.4 Å². The van der Waals surface area contributed by atoms with Gasteiger partial charge in [-0.15, -0.1) is 0 Å². The Morgan fingerprint density at radius 2 is 0.552 bits per heavy atom. The molecular weight excluding hydrogens is 1690 g/mol. The molecule has 6 aromatic carbocycles. The Morgan fingerprint density at radius 3 is 0.752 bits per heavy atom. The number of benzene rings is 6. The topological polar surface area (TPSA) is 239 Å². The summed E-state index contributed by atoms with van der Waals surface area (Å²) >= 11 is 0. The molecule has 16 unspecified atom stereocenters. The zero-order chi connectivity index (χ0) is 89.0. The summed E-state index contributed by atoms with van der Waals surface area (Å²) in [5, 5.41) is 2.37. The van der Waals surface area contributed by atoms with E-state index in [2.05, 4.69) is 125 Å². The van der Waals surface area contributed by atoms with E-state index in [1.165, 1.54) is 105 Å². The van der Waals surface area contributed by atoms with Gasteiger partial charge in [0.25, 0.3) is 0 Å². The van der Waals surface area contributed by atoms with Gasteiger partial charge in [0.1, 0.15) is 27.8 Å². The maximum atomic E-state index is 12.8. The van der Waals surface area contributed by atoms with Gasteiger partial charge in [-0.25, -0.2) is 8.42 Å². The Labute approximate surface area is 731 Å². The van der Waals surface area contributed by atoms with E-state index in [1.54, 1.807) is 0 Å². The van der Waals surface area contributed by atoms with Crippen molar-refractivity contribution in [2.24, 2.45) is 116 Å². The van der Waals surface area contributed by atoms with E-state index >= 15 is 0 Å². The maximum absolute atomic E-state index is 12.8. The van der Waals surface area contributed by atoms with E-state index in [-0.39, 0.29) is 45.5 Å². The lowest BCUT2D eigenvalue weighted by atomic mass is 9.45. The predicted molar refractivity (Wildman–Crippen MR) is 443 cm³/mol. The molecule has 0 aliphatic heterocycles. The fourth-order valence-electron chi connectivity index (χ4n) is 26.5. The lowest BCUT2D eigenvalue weighted by molar-refractivity contribution is -0.383. The van der Waals surface area contributed by atoms with Crippen LogP contribution in [0.4, 0.5) is 35.1 Å². The van der Waals surface area contributed by atoms with E-state index in [0.717, 1.165) is 104 Å². The van der Waals surface area contributed by atoms with Crippen molar-refractivity contribution in [2.75, 3.05) is 0 Å². The fourth-order valence-corrected chi connectivity index (χ4v) is 31.5. The van der Waals surface area contributed by atoms with E-state index in [0.29, 0.717) is 94.7 Å². The average molecular weight is 1800 g/mol. The number of rotatable bonds is 27. The highest BCUT2D eigenvalue weighted by Gasteiger charge is 2.83. The summed E-state index contributed by atoms with van der Waals surface area (Å²) < 4.78 is 182. The van der Waals surface area contributed by atoms with Crippen molar-refractivity contribution >= 4 is 61.8 Å². The molecule has 22 rings (SSSR count). The first kappa shape index (κ1) is 90.3. The normalized spacial score (nSPS) is 33.2. The van der Waals surface area contributed by atoms with Crippen molar-refractivity contribution in [2.45, 2.75) is 261 Å². The van der Waals surface area contributed by atoms with Crippen LogP contribution in [0.3, 0.4) is 0 Å². The van der Waals surface area contributed by atoms with Crippen LogP contribution < -0.4 is 24.1 Å². The number of alkyl halides is 8.